The lowest BCUT2D eigenvalue weighted by Gasteiger charge is -2.35. The largest absolute Gasteiger partial charge is 0.375 e. The first kappa shape index (κ1) is 30.1. The van der Waals surface area contributed by atoms with Crippen LogP contribution in [-0.4, -0.2) is 25.4 Å². The summed E-state index contributed by atoms with van der Waals surface area (Å²) in [7, 11) is 2.15. The van der Waals surface area contributed by atoms with Crippen LogP contribution in [0, 0.1) is 0 Å². The SMILES string of the molecule is Cn1c(-c2ccccc2)nc2cc3c(cc21)-n1c2ccccc2c2c(N(c4ccccc4)c4ccccc4)cc4c(c21)B3n1c2ccccc2c2cccc-4c21. The molecule has 0 atom stereocenters. The van der Waals surface area contributed by atoms with Crippen LogP contribution in [0.25, 0.3) is 82.8 Å². The molecule has 11 aromatic rings. The van der Waals surface area contributed by atoms with E-state index in [1.54, 1.807) is 0 Å². The van der Waals surface area contributed by atoms with Crippen LogP contribution in [0.1, 0.15) is 0 Å². The number of aromatic nitrogens is 4. The summed E-state index contributed by atoms with van der Waals surface area (Å²) in [4.78, 5) is 7.80. The van der Waals surface area contributed by atoms with Gasteiger partial charge >= 0.3 is 6.85 Å². The molecule has 0 saturated heterocycles. The first-order chi connectivity index (χ1) is 27.7. The zero-order valence-electron chi connectivity index (χ0n) is 30.6. The molecule has 13 rings (SSSR count). The third kappa shape index (κ3) is 3.78. The minimum Gasteiger partial charge on any atom is -0.375 e. The molecule has 2 aliphatic rings. The van der Waals surface area contributed by atoms with Crippen molar-refractivity contribution in [1.29, 1.82) is 0 Å². The summed E-state index contributed by atoms with van der Waals surface area (Å²) < 4.78 is 7.47. The predicted octanol–water partition coefficient (Wildman–Crippen LogP) is 10.9. The molecule has 0 fully saturated rings. The van der Waals surface area contributed by atoms with Gasteiger partial charge in [0.15, 0.2) is 0 Å². The Morgan fingerprint density at radius 2 is 1.18 bits per heavy atom. The van der Waals surface area contributed by atoms with Crippen LogP contribution in [0.5, 0.6) is 0 Å². The van der Waals surface area contributed by atoms with Gasteiger partial charge in [0.2, 0.25) is 0 Å². The van der Waals surface area contributed by atoms with Crippen molar-refractivity contribution in [3.63, 3.8) is 0 Å². The number of hydrogen-bond acceptors (Lipinski definition) is 2. The third-order valence-electron chi connectivity index (χ3n) is 12.4. The molecule has 0 amide bonds. The standard InChI is InChI=1S/C50H32BN5/c1-53-44-30-43-39(29-40(44)52-50(53)31-16-5-2-6-17-31)51-47-38(36-25-15-24-35-34-22-11-14-27-42(34)56(51)48(35)36)28-45(46-37-23-12-13-26-41(37)55(43)49(46)47)54(32-18-7-3-8-19-32)33-20-9-4-10-21-33/h2-30H,1H3. The summed E-state index contributed by atoms with van der Waals surface area (Å²) in [6.45, 7) is -0.0702. The van der Waals surface area contributed by atoms with E-state index in [0.29, 0.717) is 0 Å². The van der Waals surface area contributed by atoms with Gasteiger partial charge in [0.1, 0.15) is 5.82 Å². The predicted molar refractivity (Wildman–Crippen MR) is 234 cm³/mol. The lowest BCUT2D eigenvalue weighted by Crippen LogP contribution is -2.55. The van der Waals surface area contributed by atoms with E-state index in [9.17, 15) is 0 Å². The fraction of sp³-hybridized carbons (Fsp3) is 0.0200. The van der Waals surface area contributed by atoms with Crippen molar-refractivity contribution in [1.82, 2.24) is 18.6 Å². The van der Waals surface area contributed by atoms with Crippen LogP contribution < -0.4 is 15.8 Å². The second-order valence-corrected chi connectivity index (χ2v) is 15.2. The van der Waals surface area contributed by atoms with Crippen LogP contribution in [0.4, 0.5) is 17.1 Å². The molecule has 8 aromatic carbocycles. The topological polar surface area (TPSA) is 30.9 Å². The lowest BCUT2D eigenvalue weighted by atomic mass is 9.45. The number of fused-ring (bicyclic) bond motifs is 12. The molecule has 2 aliphatic heterocycles. The molecule has 0 N–H and O–H groups in total. The maximum atomic E-state index is 5.34. The number of anilines is 3. The molecule has 6 heteroatoms. The second-order valence-electron chi connectivity index (χ2n) is 15.2. The first-order valence-electron chi connectivity index (χ1n) is 19.3. The average molecular weight is 714 g/mol. The Morgan fingerprint density at radius 3 is 1.93 bits per heavy atom. The molecule has 3 aromatic heterocycles. The Bertz CT molecular complexity index is 3390. The average Bonchev–Trinajstić information content (AvgIpc) is 3.90. The Kier molecular flexibility index (Phi) is 5.85. The Morgan fingerprint density at radius 1 is 0.536 bits per heavy atom. The van der Waals surface area contributed by atoms with Crippen molar-refractivity contribution in [2.75, 3.05) is 4.90 Å². The van der Waals surface area contributed by atoms with E-state index in [1.165, 1.54) is 77.0 Å². The molecule has 0 saturated carbocycles. The van der Waals surface area contributed by atoms with E-state index in [1.807, 2.05) is 0 Å². The zero-order chi connectivity index (χ0) is 36.6. The van der Waals surface area contributed by atoms with Gasteiger partial charge in [-0.05, 0) is 71.1 Å². The summed E-state index contributed by atoms with van der Waals surface area (Å²) >= 11 is 0. The Labute approximate surface area is 323 Å². The summed E-state index contributed by atoms with van der Waals surface area (Å²) in [6, 6.07) is 64.3. The van der Waals surface area contributed by atoms with Crippen LogP contribution in [0.15, 0.2) is 176 Å². The van der Waals surface area contributed by atoms with Gasteiger partial charge < -0.3 is 18.5 Å². The highest BCUT2D eigenvalue weighted by molar-refractivity contribution is 6.90. The van der Waals surface area contributed by atoms with Crippen LogP contribution >= 0.6 is 0 Å². The molecule has 0 spiro atoms. The molecular formula is C50H32BN5. The Hall–Kier alpha value is -7.31. The van der Waals surface area contributed by atoms with E-state index in [0.717, 1.165) is 33.8 Å². The number of imidazole rings is 1. The maximum Gasteiger partial charge on any atom is 0.333 e. The number of benzene rings is 8. The molecule has 56 heavy (non-hydrogen) atoms. The molecule has 5 nitrogen and oxygen atoms in total. The molecule has 0 aliphatic carbocycles. The first-order valence-corrected chi connectivity index (χ1v) is 19.3. The van der Waals surface area contributed by atoms with E-state index in [-0.39, 0.29) is 6.85 Å². The molecule has 0 radical (unpaired) electrons. The minimum atomic E-state index is -0.0702. The number of rotatable bonds is 4. The highest BCUT2D eigenvalue weighted by Gasteiger charge is 2.43. The number of nitrogens with zero attached hydrogens (tertiary/aromatic N) is 5. The Balaban J connectivity index is 1.25. The van der Waals surface area contributed by atoms with E-state index >= 15 is 0 Å². The summed E-state index contributed by atoms with van der Waals surface area (Å²) in [6.07, 6.45) is 0. The fourth-order valence-corrected chi connectivity index (χ4v) is 10.1. The van der Waals surface area contributed by atoms with Crippen molar-refractivity contribution in [3.05, 3.63) is 176 Å². The van der Waals surface area contributed by atoms with Crippen LogP contribution in [0.2, 0.25) is 0 Å². The highest BCUT2D eigenvalue weighted by Crippen LogP contribution is 2.49. The maximum absolute atomic E-state index is 5.34. The quantitative estimate of drug-likeness (QED) is 0.170. The van der Waals surface area contributed by atoms with Crippen LogP contribution in [-0.2, 0) is 7.05 Å². The number of aryl methyl sites for hydroxylation is 1. The van der Waals surface area contributed by atoms with E-state index in [2.05, 4.69) is 201 Å². The molecule has 0 bridgehead atoms. The lowest BCUT2D eigenvalue weighted by molar-refractivity contribution is 0.958. The van der Waals surface area contributed by atoms with Gasteiger partial charge in [0.25, 0.3) is 0 Å². The molecule has 0 unspecified atom stereocenters. The molecular weight excluding hydrogens is 681 g/mol. The summed E-state index contributed by atoms with van der Waals surface area (Å²) in [5.41, 5.74) is 18.0. The number of hydrogen-bond donors (Lipinski definition) is 0. The third-order valence-corrected chi connectivity index (χ3v) is 12.4. The van der Waals surface area contributed by atoms with Crippen LogP contribution in [0.3, 0.4) is 0 Å². The van der Waals surface area contributed by atoms with Gasteiger partial charge in [0.05, 0.1) is 27.8 Å². The normalized spacial score (nSPS) is 12.7. The molecule has 5 heterocycles. The van der Waals surface area contributed by atoms with Crippen molar-refractivity contribution in [3.8, 4) is 28.2 Å². The van der Waals surface area contributed by atoms with Gasteiger partial charge in [-0.2, -0.15) is 0 Å². The molecule has 260 valence electrons. The number of para-hydroxylation sites is 5. The van der Waals surface area contributed by atoms with E-state index < -0.39 is 0 Å². The highest BCUT2D eigenvalue weighted by atomic mass is 15.2. The zero-order valence-corrected chi connectivity index (χ0v) is 30.6. The monoisotopic (exact) mass is 713 g/mol. The van der Waals surface area contributed by atoms with Crippen molar-refractivity contribution >= 4 is 89.5 Å². The smallest absolute Gasteiger partial charge is 0.333 e. The second kappa shape index (κ2) is 10.9. The van der Waals surface area contributed by atoms with Gasteiger partial charge in [-0.25, -0.2) is 4.98 Å². The van der Waals surface area contributed by atoms with E-state index in [4.69, 9.17) is 4.98 Å². The fourth-order valence-electron chi connectivity index (χ4n) is 10.1. The van der Waals surface area contributed by atoms with Gasteiger partial charge in [-0.1, -0.05) is 121 Å². The van der Waals surface area contributed by atoms with Gasteiger partial charge in [-0.15, -0.1) is 0 Å². The van der Waals surface area contributed by atoms with Crippen molar-refractivity contribution in [2.45, 2.75) is 0 Å². The minimum absolute atomic E-state index is 0.0702. The van der Waals surface area contributed by atoms with Crippen molar-refractivity contribution in [2.24, 2.45) is 7.05 Å². The summed E-state index contributed by atoms with van der Waals surface area (Å²) in [5, 5.41) is 5.05. The summed E-state index contributed by atoms with van der Waals surface area (Å²) in [5.74, 6) is 0.968. The van der Waals surface area contributed by atoms with Gasteiger partial charge in [-0.3, -0.25) is 0 Å². The van der Waals surface area contributed by atoms with Gasteiger partial charge in [0, 0.05) is 67.8 Å². The van der Waals surface area contributed by atoms with Crippen molar-refractivity contribution < 1.29 is 0 Å².